The Balaban J connectivity index is 2.43. The lowest BCUT2D eigenvalue weighted by atomic mass is 9.87. The van der Waals surface area contributed by atoms with Crippen LogP contribution in [0.5, 0.6) is 0 Å². The van der Waals surface area contributed by atoms with Gasteiger partial charge in [0.1, 0.15) is 0 Å². The molecule has 28 heavy (non-hydrogen) atoms. The van der Waals surface area contributed by atoms with Crippen LogP contribution in [-0.4, -0.2) is 14.7 Å². The van der Waals surface area contributed by atoms with E-state index < -0.39 is 10.0 Å². The molecule has 5 heteroatoms. The average molecular weight is 460 g/mol. The van der Waals surface area contributed by atoms with E-state index in [1.54, 1.807) is 0 Å². The van der Waals surface area contributed by atoms with E-state index in [9.17, 15) is 8.42 Å². The lowest BCUT2D eigenvalue weighted by molar-refractivity contribution is 0.607. The molecular weight excluding hydrogens is 434 g/mol. The summed E-state index contributed by atoms with van der Waals surface area (Å²) in [6.07, 6.45) is 1.20. The molecule has 1 N–H and O–H groups in total. The van der Waals surface area contributed by atoms with Gasteiger partial charge in [0.2, 0.25) is 10.0 Å². The fourth-order valence-corrected chi connectivity index (χ4v) is 4.67. The van der Waals surface area contributed by atoms with E-state index in [2.05, 4.69) is 66.5 Å². The van der Waals surface area contributed by atoms with Gasteiger partial charge in [-0.05, 0) is 40.0 Å². The lowest BCUT2D eigenvalue weighted by Gasteiger charge is -2.21. The van der Waals surface area contributed by atoms with Crippen LogP contribution in [0.15, 0.2) is 53.0 Å². The molecule has 0 heterocycles. The number of halogens is 1. The van der Waals surface area contributed by atoms with E-state index in [1.165, 1.54) is 17.4 Å². The molecule has 0 fully saturated rings. The van der Waals surface area contributed by atoms with Crippen molar-refractivity contribution in [3.8, 4) is 11.1 Å². The smallest absolute Gasteiger partial charge is 0.229 e. The van der Waals surface area contributed by atoms with Gasteiger partial charge in [-0.2, -0.15) is 0 Å². The number of rotatable bonds is 5. The molecule has 0 atom stereocenters. The van der Waals surface area contributed by atoms with Crippen LogP contribution in [0.2, 0.25) is 0 Å². The molecule has 0 aliphatic heterocycles. The van der Waals surface area contributed by atoms with Crippen molar-refractivity contribution in [1.82, 2.24) is 0 Å². The summed E-state index contributed by atoms with van der Waals surface area (Å²) in [6.45, 7) is 8.65. The van der Waals surface area contributed by atoms with Crippen LogP contribution in [-0.2, 0) is 10.0 Å². The zero-order valence-electron chi connectivity index (χ0n) is 16.9. The van der Waals surface area contributed by atoms with Crippen molar-refractivity contribution in [3.63, 3.8) is 0 Å². The second-order valence-corrected chi connectivity index (χ2v) is 10.5. The summed E-state index contributed by atoms with van der Waals surface area (Å²) in [5.74, 6) is 0.697. The Bertz CT molecular complexity index is 1130. The quantitative estimate of drug-likeness (QED) is 0.451. The molecule has 0 aromatic heterocycles. The average Bonchev–Trinajstić information content (AvgIpc) is 2.62. The van der Waals surface area contributed by atoms with Crippen LogP contribution < -0.4 is 4.72 Å². The van der Waals surface area contributed by atoms with Crippen molar-refractivity contribution in [2.45, 2.75) is 39.5 Å². The van der Waals surface area contributed by atoms with Gasteiger partial charge >= 0.3 is 0 Å². The highest BCUT2D eigenvalue weighted by atomic mass is 79.9. The number of hydrogen-bond donors (Lipinski definition) is 1. The third-order valence-electron chi connectivity index (χ3n) is 4.94. The summed E-state index contributed by atoms with van der Waals surface area (Å²) in [6, 6.07) is 16.4. The van der Waals surface area contributed by atoms with E-state index in [-0.39, 0.29) is 0 Å². The monoisotopic (exact) mass is 459 g/mol. The highest BCUT2D eigenvalue weighted by Crippen LogP contribution is 2.43. The van der Waals surface area contributed by atoms with Gasteiger partial charge in [-0.3, -0.25) is 4.72 Å². The molecule has 3 rings (SSSR count). The van der Waals surface area contributed by atoms with E-state index in [0.29, 0.717) is 17.5 Å². The number of benzene rings is 3. The fraction of sp³-hybridized carbons (Fsp3) is 0.304. The normalized spacial score (nSPS) is 12.1. The van der Waals surface area contributed by atoms with Crippen LogP contribution in [0.25, 0.3) is 21.9 Å². The number of anilines is 1. The molecule has 0 bridgehead atoms. The van der Waals surface area contributed by atoms with Crippen LogP contribution in [0.3, 0.4) is 0 Å². The molecule has 3 aromatic rings. The van der Waals surface area contributed by atoms with E-state index in [0.717, 1.165) is 26.4 Å². The Morgan fingerprint density at radius 2 is 1.50 bits per heavy atom. The minimum absolute atomic E-state index is 0.313. The van der Waals surface area contributed by atoms with Crippen molar-refractivity contribution in [1.29, 1.82) is 0 Å². The van der Waals surface area contributed by atoms with E-state index in [4.69, 9.17) is 0 Å². The van der Waals surface area contributed by atoms with Gasteiger partial charge in [-0.15, -0.1) is 0 Å². The number of fused-ring (bicyclic) bond motifs is 1. The molecule has 0 saturated carbocycles. The third kappa shape index (κ3) is 4.26. The van der Waals surface area contributed by atoms with Crippen molar-refractivity contribution in [3.05, 3.63) is 64.1 Å². The molecule has 0 amide bonds. The molecule has 0 spiro atoms. The first-order valence-electron chi connectivity index (χ1n) is 9.41. The summed E-state index contributed by atoms with van der Waals surface area (Å²) >= 11 is 3.69. The second-order valence-electron chi connectivity index (χ2n) is 7.86. The molecule has 0 unspecified atom stereocenters. The maximum atomic E-state index is 12.2. The van der Waals surface area contributed by atoms with Gasteiger partial charge in [-0.25, -0.2) is 8.42 Å². The first-order valence-corrected chi connectivity index (χ1v) is 12.1. The van der Waals surface area contributed by atoms with Crippen LogP contribution in [0.4, 0.5) is 5.69 Å². The number of sulfonamides is 1. The lowest BCUT2D eigenvalue weighted by Crippen LogP contribution is -2.11. The minimum Gasteiger partial charge on any atom is -0.283 e. The van der Waals surface area contributed by atoms with Crippen LogP contribution >= 0.6 is 15.9 Å². The maximum Gasteiger partial charge on any atom is 0.229 e. The summed E-state index contributed by atoms with van der Waals surface area (Å²) < 4.78 is 28.1. The Hall–Kier alpha value is -1.85. The van der Waals surface area contributed by atoms with Gasteiger partial charge in [0.25, 0.3) is 0 Å². The predicted octanol–water partition coefficient (Wildman–Crippen LogP) is 6.89. The van der Waals surface area contributed by atoms with Gasteiger partial charge in [-0.1, -0.05) is 86.1 Å². The zero-order valence-corrected chi connectivity index (χ0v) is 19.3. The fourth-order valence-electron chi connectivity index (χ4n) is 3.51. The van der Waals surface area contributed by atoms with Gasteiger partial charge < -0.3 is 0 Å². The minimum atomic E-state index is -3.44. The Morgan fingerprint density at radius 3 is 2.07 bits per heavy atom. The summed E-state index contributed by atoms with van der Waals surface area (Å²) in [5, 5.41) is 1.85. The Labute approximate surface area is 176 Å². The van der Waals surface area contributed by atoms with Gasteiger partial charge in [0, 0.05) is 15.4 Å². The zero-order chi connectivity index (χ0) is 20.6. The Morgan fingerprint density at radius 1 is 0.857 bits per heavy atom. The topological polar surface area (TPSA) is 46.2 Å². The van der Waals surface area contributed by atoms with E-state index >= 15 is 0 Å². The molecule has 0 radical (unpaired) electrons. The molecule has 0 aliphatic carbocycles. The SMILES string of the molecule is CC(C)c1ccc(C(C)C)c(-c2cc(Br)c3ccccc3c2NS(C)(=O)=O)c1. The second kappa shape index (κ2) is 7.88. The van der Waals surface area contributed by atoms with Crippen molar-refractivity contribution >= 4 is 42.4 Å². The van der Waals surface area contributed by atoms with Crippen molar-refractivity contribution < 1.29 is 8.42 Å². The molecule has 0 saturated heterocycles. The van der Waals surface area contributed by atoms with Gasteiger partial charge in [0.15, 0.2) is 0 Å². The van der Waals surface area contributed by atoms with Crippen molar-refractivity contribution in [2.75, 3.05) is 11.0 Å². The highest BCUT2D eigenvalue weighted by Gasteiger charge is 2.19. The summed E-state index contributed by atoms with van der Waals surface area (Å²) in [4.78, 5) is 0. The molecule has 148 valence electrons. The highest BCUT2D eigenvalue weighted by molar-refractivity contribution is 9.10. The summed E-state index contributed by atoms with van der Waals surface area (Å²) in [5.41, 5.74) is 5.02. The molecule has 3 aromatic carbocycles. The molecule has 0 aliphatic rings. The van der Waals surface area contributed by atoms with Crippen LogP contribution in [0.1, 0.15) is 50.7 Å². The number of nitrogens with one attached hydrogen (secondary N) is 1. The standard InChI is InChI=1S/C23H26BrNO2S/c1-14(2)16-10-11-17(15(3)4)20(12-16)21-13-22(24)18-8-6-7-9-19(18)23(21)25-28(5,26)27/h6-15,25H,1-5H3. The summed E-state index contributed by atoms with van der Waals surface area (Å²) in [7, 11) is -3.44. The van der Waals surface area contributed by atoms with E-state index in [1.807, 2.05) is 30.3 Å². The first kappa shape index (κ1) is 20.9. The first-order chi connectivity index (χ1) is 13.1. The van der Waals surface area contributed by atoms with Crippen molar-refractivity contribution in [2.24, 2.45) is 0 Å². The maximum absolute atomic E-state index is 12.2. The molecule has 3 nitrogen and oxygen atoms in total. The van der Waals surface area contributed by atoms with Gasteiger partial charge in [0.05, 0.1) is 11.9 Å². The number of hydrogen-bond acceptors (Lipinski definition) is 2. The third-order valence-corrected chi connectivity index (χ3v) is 6.17. The van der Waals surface area contributed by atoms with Crippen LogP contribution in [0, 0.1) is 0 Å². The predicted molar refractivity (Wildman–Crippen MR) is 124 cm³/mol. The molecular formula is C23H26BrNO2S. The Kier molecular flexibility index (Phi) is 5.87. The largest absolute Gasteiger partial charge is 0.283 e.